The van der Waals surface area contributed by atoms with Crippen LogP contribution in [-0.2, 0) is 11.2 Å². The van der Waals surface area contributed by atoms with Crippen LogP contribution in [0.4, 0.5) is 5.69 Å². The number of anilines is 1. The number of phenolic OH excluding ortho intramolecular Hbond substituents is 1. The first-order chi connectivity index (χ1) is 10.6. The highest BCUT2D eigenvalue weighted by atomic mass is 16.5. The second-order valence-corrected chi connectivity index (χ2v) is 4.64. The highest BCUT2D eigenvalue weighted by Gasteiger charge is 2.03. The molecule has 0 radical (unpaired) electrons. The molecule has 22 heavy (non-hydrogen) atoms. The van der Waals surface area contributed by atoms with Crippen molar-refractivity contribution in [1.82, 2.24) is 5.43 Å². The minimum atomic E-state index is -0.230. The van der Waals surface area contributed by atoms with Gasteiger partial charge in [-0.2, -0.15) is 5.10 Å². The second kappa shape index (κ2) is 7.12. The van der Waals surface area contributed by atoms with Crippen molar-refractivity contribution in [2.24, 2.45) is 5.10 Å². The number of aromatic hydroxyl groups is 1. The van der Waals surface area contributed by atoms with Crippen molar-refractivity contribution in [3.63, 3.8) is 0 Å². The van der Waals surface area contributed by atoms with Gasteiger partial charge in [0.2, 0.25) is 5.91 Å². The van der Waals surface area contributed by atoms with E-state index in [9.17, 15) is 9.90 Å². The van der Waals surface area contributed by atoms with E-state index in [1.54, 1.807) is 36.4 Å². The molecular weight excluding hydrogens is 282 g/mol. The molecule has 1 amide bonds. The molecule has 0 fully saturated rings. The van der Waals surface area contributed by atoms with Gasteiger partial charge in [0, 0.05) is 5.69 Å². The quantitative estimate of drug-likeness (QED) is 0.444. The summed E-state index contributed by atoms with van der Waals surface area (Å²) in [5, 5.41) is 13.4. The van der Waals surface area contributed by atoms with Crippen LogP contribution in [0.5, 0.6) is 11.5 Å². The van der Waals surface area contributed by atoms with Crippen molar-refractivity contribution in [1.29, 1.82) is 0 Å². The summed E-state index contributed by atoms with van der Waals surface area (Å²) in [5.41, 5.74) is 10.2. The summed E-state index contributed by atoms with van der Waals surface area (Å²) in [6, 6.07) is 11.9. The number of methoxy groups -OCH3 is 1. The molecule has 0 aromatic heterocycles. The average Bonchev–Trinajstić information content (AvgIpc) is 2.51. The first-order valence-electron chi connectivity index (χ1n) is 6.62. The molecule has 2 aromatic carbocycles. The maximum Gasteiger partial charge on any atom is 0.244 e. The lowest BCUT2D eigenvalue weighted by atomic mass is 10.1. The molecule has 0 spiro atoms. The van der Waals surface area contributed by atoms with Crippen molar-refractivity contribution in [2.75, 3.05) is 12.8 Å². The lowest BCUT2D eigenvalue weighted by Crippen LogP contribution is -2.19. The Morgan fingerprint density at radius 1 is 1.32 bits per heavy atom. The van der Waals surface area contributed by atoms with Gasteiger partial charge in [-0.3, -0.25) is 4.79 Å². The van der Waals surface area contributed by atoms with Crippen LogP contribution in [-0.4, -0.2) is 24.3 Å². The molecule has 0 saturated heterocycles. The Labute approximate surface area is 128 Å². The first-order valence-corrected chi connectivity index (χ1v) is 6.62. The largest absolute Gasteiger partial charge is 0.504 e. The van der Waals surface area contributed by atoms with Crippen molar-refractivity contribution < 1.29 is 14.6 Å². The standard InChI is InChI=1S/C16H17N3O3/c1-22-15-8-12(4-7-14(15)20)10-18-19-16(21)9-11-2-5-13(17)6-3-11/h2-8,10,20H,9,17H2,1H3,(H,19,21)/b18-10-. The van der Waals surface area contributed by atoms with Gasteiger partial charge in [-0.05, 0) is 41.5 Å². The fourth-order valence-corrected chi connectivity index (χ4v) is 1.81. The minimum absolute atomic E-state index is 0.0482. The zero-order valence-electron chi connectivity index (χ0n) is 12.1. The molecule has 0 unspecified atom stereocenters. The van der Waals surface area contributed by atoms with E-state index in [0.29, 0.717) is 17.0 Å². The SMILES string of the molecule is COc1cc(/C=N\NC(=O)Cc2ccc(N)cc2)ccc1O. The van der Waals surface area contributed by atoms with Gasteiger partial charge in [-0.25, -0.2) is 5.43 Å². The number of carbonyl (C=O) groups is 1. The molecule has 4 N–H and O–H groups in total. The van der Waals surface area contributed by atoms with E-state index in [0.717, 1.165) is 5.56 Å². The molecule has 0 aliphatic heterocycles. The summed E-state index contributed by atoms with van der Waals surface area (Å²) in [5.74, 6) is 0.163. The van der Waals surface area contributed by atoms with Crippen molar-refractivity contribution in [3.8, 4) is 11.5 Å². The van der Waals surface area contributed by atoms with E-state index < -0.39 is 0 Å². The molecule has 0 atom stereocenters. The Morgan fingerprint density at radius 2 is 2.05 bits per heavy atom. The van der Waals surface area contributed by atoms with Gasteiger partial charge < -0.3 is 15.6 Å². The number of carbonyl (C=O) groups excluding carboxylic acids is 1. The maximum absolute atomic E-state index is 11.7. The van der Waals surface area contributed by atoms with Gasteiger partial charge in [0.15, 0.2) is 11.5 Å². The number of ether oxygens (including phenoxy) is 1. The van der Waals surface area contributed by atoms with Gasteiger partial charge in [-0.15, -0.1) is 0 Å². The molecule has 6 heteroatoms. The molecule has 0 bridgehead atoms. The predicted molar refractivity (Wildman–Crippen MR) is 85.0 cm³/mol. The second-order valence-electron chi connectivity index (χ2n) is 4.64. The smallest absolute Gasteiger partial charge is 0.244 e. The number of benzene rings is 2. The number of phenols is 1. The monoisotopic (exact) mass is 299 g/mol. The van der Waals surface area contributed by atoms with Crippen LogP contribution in [0, 0.1) is 0 Å². The third-order valence-electron chi connectivity index (χ3n) is 2.95. The lowest BCUT2D eigenvalue weighted by Gasteiger charge is -2.04. The highest BCUT2D eigenvalue weighted by Crippen LogP contribution is 2.25. The molecule has 2 rings (SSSR count). The van der Waals surface area contributed by atoms with Crippen LogP contribution in [0.15, 0.2) is 47.6 Å². The zero-order valence-corrected chi connectivity index (χ0v) is 12.1. The van der Waals surface area contributed by atoms with Gasteiger partial charge in [-0.1, -0.05) is 12.1 Å². The summed E-state index contributed by atoms with van der Waals surface area (Å²) in [7, 11) is 1.46. The normalized spacial score (nSPS) is 10.6. The van der Waals surface area contributed by atoms with E-state index in [1.165, 1.54) is 19.4 Å². The number of hydrazone groups is 1. The summed E-state index contributed by atoms with van der Waals surface area (Å²) in [6.45, 7) is 0. The molecule has 0 heterocycles. The lowest BCUT2D eigenvalue weighted by molar-refractivity contribution is -0.120. The number of rotatable bonds is 5. The van der Waals surface area contributed by atoms with Crippen LogP contribution < -0.4 is 15.9 Å². The van der Waals surface area contributed by atoms with E-state index in [-0.39, 0.29) is 18.1 Å². The molecular formula is C16H17N3O3. The summed E-state index contributed by atoms with van der Waals surface area (Å²) >= 11 is 0. The third kappa shape index (κ3) is 4.24. The molecule has 0 aliphatic carbocycles. The molecule has 0 saturated carbocycles. The van der Waals surface area contributed by atoms with Crippen LogP contribution >= 0.6 is 0 Å². The van der Waals surface area contributed by atoms with Crippen LogP contribution in [0.1, 0.15) is 11.1 Å². The number of hydrogen-bond donors (Lipinski definition) is 3. The summed E-state index contributed by atoms with van der Waals surface area (Å²) in [4.78, 5) is 11.7. The van der Waals surface area contributed by atoms with Crippen LogP contribution in [0.3, 0.4) is 0 Å². The van der Waals surface area contributed by atoms with Gasteiger partial charge in [0.05, 0.1) is 19.7 Å². The Bertz CT molecular complexity index is 682. The molecule has 114 valence electrons. The first kappa shape index (κ1) is 15.4. The number of nitrogens with zero attached hydrogens (tertiary/aromatic N) is 1. The Kier molecular flexibility index (Phi) is 4.98. The minimum Gasteiger partial charge on any atom is -0.504 e. The van der Waals surface area contributed by atoms with Gasteiger partial charge in [0.25, 0.3) is 0 Å². The number of nitrogens with two attached hydrogens (primary N) is 1. The van der Waals surface area contributed by atoms with E-state index in [4.69, 9.17) is 10.5 Å². The summed E-state index contributed by atoms with van der Waals surface area (Å²) in [6.07, 6.45) is 1.69. The van der Waals surface area contributed by atoms with E-state index >= 15 is 0 Å². The summed E-state index contributed by atoms with van der Waals surface area (Å²) < 4.78 is 4.99. The fourth-order valence-electron chi connectivity index (χ4n) is 1.81. The van der Waals surface area contributed by atoms with E-state index in [1.807, 2.05) is 0 Å². The number of nitrogen functional groups attached to an aromatic ring is 1. The molecule has 0 aliphatic rings. The number of hydrogen-bond acceptors (Lipinski definition) is 5. The van der Waals surface area contributed by atoms with Crippen LogP contribution in [0.25, 0.3) is 0 Å². The molecule has 6 nitrogen and oxygen atoms in total. The number of amides is 1. The fraction of sp³-hybridized carbons (Fsp3) is 0.125. The Balaban J connectivity index is 1.91. The van der Waals surface area contributed by atoms with Gasteiger partial charge in [0.1, 0.15) is 0 Å². The van der Waals surface area contributed by atoms with Crippen molar-refractivity contribution in [3.05, 3.63) is 53.6 Å². The highest BCUT2D eigenvalue weighted by molar-refractivity contribution is 5.84. The Hall–Kier alpha value is -3.02. The molecule has 2 aromatic rings. The van der Waals surface area contributed by atoms with Gasteiger partial charge >= 0.3 is 0 Å². The van der Waals surface area contributed by atoms with Crippen molar-refractivity contribution in [2.45, 2.75) is 6.42 Å². The van der Waals surface area contributed by atoms with Crippen molar-refractivity contribution >= 4 is 17.8 Å². The van der Waals surface area contributed by atoms with Crippen LogP contribution in [0.2, 0.25) is 0 Å². The maximum atomic E-state index is 11.7. The third-order valence-corrected chi connectivity index (χ3v) is 2.95. The topological polar surface area (TPSA) is 96.9 Å². The van der Waals surface area contributed by atoms with E-state index in [2.05, 4.69) is 10.5 Å². The number of nitrogens with one attached hydrogen (secondary N) is 1. The predicted octanol–water partition coefficient (Wildman–Crippen LogP) is 1.68. The Morgan fingerprint density at radius 3 is 2.73 bits per heavy atom. The average molecular weight is 299 g/mol. The zero-order chi connectivity index (χ0) is 15.9.